The molecule has 0 aliphatic carbocycles. The average molecular weight is 342 g/mol. The highest BCUT2D eigenvalue weighted by Gasteiger charge is 2.20. The first-order chi connectivity index (χ1) is 10.8. The van der Waals surface area contributed by atoms with Crippen LogP contribution in [0.1, 0.15) is 27.2 Å². The van der Waals surface area contributed by atoms with Gasteiger partial charge in [0.25, 0.3) is 0 Å². The van der Waals surface area contributed by atoms with Crippen molar-refractivity contribution in [2.75, 3.05) is 30.3 Å². The molecule has 0 atom stereocenters. The fourth-order valence-electron chi connectivity index (χ4n) is 2.15. The molecule has 1 aromatic rings. The van der Waals surface area contributed by atoms with Crippen LogP contribution in [0.2, 0.25) is 0 Å². The molecule has 0 aliphatic rings. The Kier molecular flexibility index (Phi) is 7.35. The number of ether oxygens (including phenoxy) is 1. The van der Waals surface area contributed by atoms with E-state index < -0.39 is 10.0 Å². The van der Waals surface area contributed by atoms with Crippen LogP contribution >= 0.6 is 0 Å². The first-order valence-electron chi connectivity index (χ1n) is 7.72. The van der Waals surface area contributed by atoms with Gasteiger partial charge in [0, 0.05) is 13.0 Å². The van der Waals surface area contributed by atoms with Gasteiger partial charge in [-0.05, 0) is 25.0 Å². The van der Waals surface area contributed by atoms with Gasteiger partial charge >= 0.3 is 0 Å². The highest BCUT2D eigenvalue weighted by molar-refractivity contribution is 7.92. The van der Waals surface area contributed by atoms with Crippen molar-refractivity contribution in [1.29, 1.82) is 0 Å². The first kappa shape index (κ1) is 19.3. The van der Waals surface area contributed by atoms with Crippen LogP contribution in [0.15, 0.2) is 24.3 Å². The number of carbonyl (C=O) groups excluding carboxylic acids is 1. The normalized spacial score (nSPS) is 11.3. The van der Waals surface area contributed by atoms with E-state index in [9.17, 15) is 13.2 Å². The number of rotatable bonds is 9. The van der Waals surface area contributed by atoms with Gasteiger partial charge in [-0.15, -0.1) is 0 Å². The Morgan fingerprint density at radius 2 is 1.96 bits per heavy atom. The summed E-state index contributed by atoms with van der Waals surface area (Å²) < 4.78 is 31.0. The molecule has 23 heavy (non-hydrogen) atoms. The second kappa shape index (κ2) is 8.76. The van der Waals surface area contributed by atoms with Gasteiger partial charge in [0.1, 0.15) is 5.75 Å². The predicted octanol–water partition coefficient (Wildman–Crippen LogP) is 2.01. The van der Waals surface area contributed by atoms with E-state index in [1.807, 2.05) is 20.8 Å². The zero-order valence-corrected chi connectivity index (χ0v) is 15.0. The van der Waals surface area contributed by atoms with E-state index in [0.717, 1.165) is 6.26 Å². The van der Waals surface area contributed by atoms with Gasteiger partial charge in [-0.1, -0.05) is 26.0 Å². The molecular formula is C16H26N2O4S. The summed E-state index contributed by atoms with van der Waals surface area (Å²) in [5, 5.41) is 2.75. The van der Waals surface area contributed by atoms with E-state index in [1.54, 1.807) is 24.3 Å². The van der Waals surface area contributed by atoms with Gasteiger partial charge in [0.2, 0.25) is 15.9 Å². The standard InChI is InChI=1S/C16H26N2O4S/c1-5-22-15-9-7-6-8-14(15)18(23(4,20)21)11-10-17-16(19)12-13(2)3/h6-9,13H,5,10-12H2,1-4H3,(H,17,19). The van der Waals surface area contributed by atoms with E-state index in [2.05, 4.69) is 5.32 Å². The van der Waals surface area contributed by atoms with E-state index in [0.29, 0.717) is 24.5 Å². The van der Waals surface area contributed by atoms with Gasteiger partial charge in [-0.25, -0.2) is 8.42 Å². The molecule has 0 spiro atoms. The van der Waals surface area contributed by atoms with E-state index in [4.69, 9.17) is 4.74 Å². The molecule has 1 aromatic carbocycles. The molecule has 0 fully saturated rings. The lowest BCUT2D eigenvalue weighted by Gasteiger charge is -2.24. The minimum Gasteiger partial charge on any atom is -0.492 e. The minimum atomic E-state index is -3.48. The van der Waals surface area contributed by atoms with Crippen LogP contribution in [-0.4, -0.2) is 40.3 Å². The molecular weight excluding hydrogens is 316 g/mol. The smallest absolute Gasteiger partial charge is 0.232 e. The van der Waals surface area contributed by atoms with Crippen molar-refractivity contribution in [3.8, 4) is 5.75 Å². The Balaban J connectivity index is 2.85. The molecule has 0 aliphatic heterocycles. The number of amides is 1. The molecule has 1 N–H and O–H groups in total. The van der Waals surface area contributed by atoms with Crippen LogP contribution in [-0.2, 0) is 14.8 Å². The van der Waals surface area contributed by atoms with Gasteiger partial charge in [-0.3, -0.25) is 9.10 Å². The fraction of sp³-hybridized carbons (Fsp3) is 0.562. The lowest BCUT2D eigenvalue weighted by Crippen LogP contribution is -2.38. The van der Waals surface area contributed by atoms with Crippen LogP contribution in [0.3, 0.4) is 0 Å². The second-order valence-corrected chi connectivity index (χ2v) is 7.59. The Bertz CT molecular complexity index is 614. The summed E-state index contributed by atoms with van der Waals surface area (Å²) in [7, 11) is -3.48. The van der Waals surface area contributed by atoms with Gasteiger partial charge < -0.3 is 10.1 Å². The molecule has 0 unspecified atom stereocenters. The van der Waals surface area contributed by atoms with Crippen LogP contribution in [0.4, 0.5) is 5.69 Å². The first-order valence-corrected chi connectivity index (χ1v) is 9.56. The lowest BCUT2D eigenvalue weighted by atomic mass is 10.1. The number of anilines is 1. The highest BCUT2D eigenvalue weighted by atomic mass is 32.2. The number of benzene rings is 1. The SMILES string of the molecule is CCOc1ccccc1N(CCNC(=O)CC(C)C)S(C)(=O)=O. The van der Waals surface area contributed by atoms with Crippen molar-refractivity contribution in [2.45, 2.75) is 27.2 Å². The van der Waals surface area contributed by atoms with Crippen LogP contribution in [0.5, 0.6) is 5.75 Å². The molecule has 6 nitrogen and oxygen atoms in total. The zero-order chi connectivity index (χ0) is 17.5. The van der Waals surface area contributed by atoms with Crippen molar-refractivity contribution in [1.82, 2.24) is 5.32 Å². The Morgan fingerprint density at radius 1 is 1.30 bits per heavy atom. The summed E-state index contributed by atoms with van der Waals surface area (Å²) >= 11 is 0. The number of hydrogen-bond donors (Lipinski definition) is 1. The van der Waals surface area contributed by atoms with Crippen molar-refractivity contribution in [2.24, 2.45) is 5.92 Å². The maximum absolute atomic E-state index is 12.1. The van der Waals surface area contributed by atoms with Crippen LogP contribution in [0, 0.1) is 5.92 Å². The zero-order valence-electron chi connectivity index (χ0n) is 14.2. The molecule has 0 aromatic heterocycles. The van der Waals surface area contributed by atoms with Gasteiger partial charge in [0.15, 0.2) is 0 Å². The predicted molar refractivity (Wildman–Crippen MR) is 92.3 cm³/mol. The molecule has 0 radical (unpaired) electrons. The maximum atomic E-state index is 12.1. The molecule has 1 amide bonds. The summed E-state index contributed by atoms with van der Waals surface area (Å²) in [6.07, 6.45) is 1.57. The summed E-state index contributed by atoms with van der Waals surface area (Å²) in [6.45, 7) is 6.61. The maximum Gasteiger partial charge on any atom is 0.232 e. The largest absolute Gasteiger partial charge is 0.492 e. The highest BCUT2D eigenvalue weighted by Crippen LogP contribution is 2.29. The van der Waals surface area contributed by atoms with Crippen molar-refractivity contribution in [3.05, 3.63) is 24.3 Å². The minimum absolute atomic E-state index is 0.0773. The van der Waals surface area contributed by atoms with Crippen molar-refractivity contribution < 1.29 is 17.9 Å². The number of sulfonamides is 1. The Hall–Kier alpha value is -1.76. The second-order valence-electron chi connectivity index (χ2n) is 5.68. The molecule has 0 saturated heterocycles. The van der Waals surface area contributed by atoms with E-state index in [1.165, 1.54) is 4.31 Å². The molecule has 0 heterocycles. The number of carbonyl (C=O) groups is 1. The van der Waals surface area contributed by atoms with E-state index >= 15 is 0 Å². The van der Waals surface area contributed by atoms with Crippen molar-refractivity contribution in [3.63, 3.8) is 0 Å². The summed E-state index contributed by atoms with van der Waals surface area (Å²) in [5.74, 6) is 0.695. The number of nitrogens with zero attached hydrogens (tertiary/aromatic N) is 1. The van der Waals surface area contributed by atoms with Crippen molar-refractivity contribution >= 4 is 21.6 Å². The third-order valence-corrected chi connectivity index (χ3v) is 4.24. The summed E-state index contributed by atoms with van der Waals surface area (Å²) in [5.41, 5.74) is 0.481. The molecule has 0 bridgehead atoms. The number of hydrogen-bond acceptors (Lipinski definition) is 4. The number of nitrogens with one attached hydrogen (secondary N) is 1. The molecule has 130 valence electrons. The molecule has 7 heteroatoms. The van der Waals surface area contributed by atoms with Gasteiger partial charge in [0.05, 0.1) is 25.1 Å². The summed E-state index contributed by atoms with van der Waals surface area (Å²) in [6, 6.07) is 6.98. The van der Waals surface area contributed by atoms with Gasteiger partial charge in [-0.2, -0.15) is 0 Å². The van der Waals surface area contributed by atoms with Crippen LogP contribution < -0.4 is 14.4 Å². The Morgan fingerprint density at radius 3 is 2.52 bits per heavy atom. The Labute approximate surface area is 138 Å². The third-order valence-electron chi connectivity index (χ3n) is 3.06. The molecule has 1 rings (SSSR count). The fourth-order valence-corrected chi connectivity index (χ4v) is 3.08. The quantitative estimate of drug-likeness (QED) is 0.745. The third kappa shape index (κ3) is 6.48. The monoisotopic (exact) mass is 342 g/mol. The lowest BCUT2D eigenvalue weighted by molar-refractivity contribution is -0.121. The number of para-hydroxylation sites is 2. The summed E-state index contributed by atoms with van der Waals surface area (Å²) in [4.78, 5) is 11.7. The van der Waals surface area contributed by atoms with Crippen LogP contribution in [0.25, 0.3) is 0 Å². The molecule has 0 saturated carbocycles. The average Bonchev–Trinajstić information content (AvgIpc) is 2.43. The topological polar surface area (TPSA) is 75.7 Å². The van der Waals surface area contributed by atoms with E-state index in [-0.39, 0.29) is 24.9 Å².